The van der Waals surface area contributed by atoms with Crippen LogP contribution in [-0.4, -0.2) is 19.6 Å². The lowest BCUT2D eigenvalue weighted by molar-refractivity contribution is 0.393. The molecule has 0 spiro atoms. The van der Waals surface area contributed by atoms with Crippen LogP contribution in [0.4, 0.5) is 0 Å². The first-order chi connectivity index (χ1) is 9.88. The summed E-state index contributed by atoms with van der Waals surface area (Å²) in [5.74, 6) is 0.690. The molecule has 0 aliphatic heterocycles. The number of hydrogen-bond donors (Lipinski definition) is 1. The Bertz CT molecular complexity index is 770. The van der Waals surface area contributed by atoms with Gasteiger partial charge < -0.3 is 4.52 Å². The number of benzene rings is 1. The molecule has 1 aromatic heterocycles. The third kappa shape index (κ3) is 2.73. The Morgan fingerprint density at radius 2 is 1.95 bits per heavy atom. The van der Waals surface area contributed by atoms with Crippen molar-refractivity contribution < 1.29 is 12.9 Å². The summed E-state index contributed by atoms with van der Waals surface area (Å²) in [6, 6.07) is 5.52. The van der Waals surface area contributed by atoms with E-state index >= 15 is 0 Å². The Morgan fingerprint density at radius 3 is 2.52 bits per heavy atom. The first kappa shape index (κ1) is 14.3. The van der Waals surface area contributed by atoms with Crippen molar-refractivity contribution in [2.24, 2.45) is 0 Å². The largest absolute Gasteiger partial charge is 0.361 e. The summed E-state index contributed by atoms with van der Waals surface area (Å²) in [4.78, 5) is 0.326. The van der Waals surface area contributed by atoms with E-state index in [9.17, 15) is 8.42 Å². The molecule has 2 aromatic rings. The summed E-state index contributed by atoms with van der Waals surface area (Å²) in [6.45, 7) is 5.48. The zero-order valence-electron chi connectivity index (χ0n) is 12.3. The Kier molecular flexibility index (Phi) is 3.37. The zero-order valence-corrected chi connectivity index (χ0v) is 13.1. The van der Waals surface area contributed by atoms with Crippen LogP contribution in [0.15, 0.2) is 27.6 Å². The Balaban J connectivity index is 2.08. The standard InChI is InChI=1S/C15H18N2O3S/c1-9-4-5-12(15-10(2)16-20-11(15)3)8-14(9)21(18,19)17-13-6-7-13/h4-5,8,13,17H,6-7H2,1-3H3. The zero-order chi connectivity index (χ0) is 15.2. The van der Waals surface area contributed by atoms with Crippen molar-refractivity contribution in [1.82, 2.24) is 9.88 Å². The van der Waals surface area contributed by atoms with Crippen LogP contribution in [0, 0.1) is 20.8 Å². The topological polar surface area (TPSA) is 72.2 Å². The molecule has 0 bridgehead atoms. The smallest absolute Gasteiger partial charge is 0.241 e. The van der Waals surface area contributed by atoms with Crippen LogP contribution < -0.4 is 4.72 Å². The number of hydrogen-bond acceptors (Lipinski definition) is 4. The summed E-state index contributed by atoms with van der Waals surface area (Å²) >= 11 is 0. The maximum absolute atomic E-state index is 12.4. The van der Waals surface area contributed by atoms with E-state index in [1.54, 1.807) is 13.0 Å². The first-order valence-corrected chi connectivity index (χ1v) is 8.43. The summed E-state index contributed by atoms with van der Waals surface area (Å²) in [5.41, 5.74) is 3.17. The van der Waals surface area contributed by atoms with E-state index in [0.717, 1.165) is 35.2 Å². The van der Waals surface area contributed by atoms with Crippen LogP contribution in [0.2, 0.25) is 0 Å². The van der Waals surface area contributed by atoms with E-state index in [-0.39, 0.29) is 6.04 Å². The molecule has 0 unspecified atom stereocenters. The van der Waals surface area contributed by atoms with Crippen molar-refractivity contribution in [1.29, 1.82) is 0 Å². The molecule has 0 saturated heterocycles. The van der Waals surface area contributed by atoms with Crippen LogP contribution in [0.3, 0.4) is 0 Å². The van der Waals surface area contributed by atoms with Crippen molar-refractivity contribution >= 4 is 10.0 Å². The minimum absolute atomic E-state index is 0.0946. The van der Waals surface area contributed by atoms with Gasteiger partial charge in [0.1, 0.15) is 5.76 Å². The van der Waals surface area contributed by atoms with Gasteiger partial charge in [0, 0.05) is 11.6 Å². The van der Waals surface area contributed by atoms with E-state index in [4.69, 9.17) is 4.52 Å². The van der Waals surface area contributed by atoms with Crippen LogP contribution in [0.1, 0.15) is 29.9 Å². The lowest BCUT2D eigenvalue weighted by Crippen LogP contribution is -2.26. The first-order valence-electron chi connectivity index (χ1n) is 6.95. The molecule has 0 atom stereocenters. The number of sulfonamides is 1. The van der Waals surface area contributed by atoms with E-state index in [0.29, 0.717) is 10.7 Å². The van der Waals surface area contributed by atoms with Crippen LogP contribution in [0.25, 0.3) is 11.1 Å². The summed E-state index contributed by atoms with van der Waals surface area (Å²) < 4.78 is 32.8. The molecular formula is C15H18N2O3S. The molecule has 1 aliphatic carbocycles. The third-order valence-electron chi connectivity index (χ3n) is 3.70. The van der Waals surface area contributed by atoms with Gasteiger partial charge in [0.2, 0.25) is 10.0 Å². The van der Waals surface area contributed by atoms with Gasteiger partial charge in [0.25, 0.3) is 0 Å². The molecule has 0 radical (unpaired) electrons. The quantitative estimate of drug-likeness (QED) is 0.942. The third-order valence-corrected chi connectivity index (χ3v) is 5.36. The average Bonchev–Trinajstić information content (AvgIpc) is 3.15. The summed E-state index contributed by atoms with van der Waals surface area (Å²) in [6.07, 6.45) is 1.84. The second-order valence-electron chi connectivity index (χ2n) is 5.58. The highest BCUT2D eigenvalue weighted by Gasteiger charge is 2.29. The molecule has 3 rings (SSSR count). The van der Waals surface area contributed by atoms with Gasteiger partial charge in [-0.25, -0.2) is 13.1 Å². The molecule has 112 valence electrons. The van der Waals surface area contributed by atoms with Gasteiger partial charge in [-0.05, 0) is 50.8 Å². The summed E-state index contributed by atoms with van der Waals surface area (Å²) in [5, 5.41) is 3.93. The van der Waals surface area contributed by atoms with Crippen LogP contribution in [-0.2, 0) is 10.0 Å². The number of rotatable bonds is 4. The van der Waals surface area contributed by atoms with E-state index in [2.05, 4.69) is 9.88 Å². The van der Waals surface area contributed by atoms with Gasteiger partial charge in [-0.1, -0.05) is 17.3 Å². The van der Waals surface area contributed by atoms with Gasteiger partial charge in [-0.15, -0.1) is 0 Å². The highest BCUT2D eigenvalue weighted by molar-refractivity contribution is 7.89. The van der Waals surface area contributed by atoms with E-state index in [1.807, 2.05) is 26.0 Å². The molecule has 0 amide bonds. The molecule has 21 heavy (non-hydrogen) atoms. The predicted molar refractivity (Wildman–Crippen MR) is 79.5 cm³/mol. The van der Waals surface area contributed by atoms with Crippen molar-refractivity contribution in [2.45, 2.75) is 44.6 Å². The number of nitrogens with one attached hydrogen (secondary N) is 1. The van der Waals surface area contributed by atoms with E-state index in [1.165, 1.54) is 0 Å². The Morgan fingerprint density at radius 1 is 1.24 bits per heavy atom. The van der Waals surface area contributed by atoms with Crippen molar-refractivity contribution in [2.75, 3.05) is 0 Å². The van der Waals surface area contributed by atoms with Crippen molar-refractivity contribution in [3.63, 3.8) is 0 Å². The molecule has 1 aromatic carbocycles. The fourth-order valence-corrected chi connectivity index (χ4v) is 4.00. The highest BCUT2D eigenvalue weighted by atomic mass is 32.2. The average molecular weight is 306 g/mol. The number of aromatic nitrogens is 1. The molecule has 1 aliphatic rings. The molecule has 5 nitrogen and oxygen atoms in total. The van der Waals surface area contributed by atoms with Gasteiger partial charge in [-0.2, -0.15) is 0 Å². The normalized spacial score (nSPS) is 15.4. The maximum atomic E-state index is 12.4. The van der Waals surface area contributed by atoms with Gasteiger partial charge >= 0.3 is 0 Å². The van der Waals surface area contributed by atoms with E-state index < -0.39 is 10.0 Å². The number of nitrogens with zero attached hydrogens (tertiary/aromatic N) is 1. The lowest BCUT2D eigenvalue weighted by Gasteiger charge is -2.10. The minimum atomic E-state index is -3.47. The van der Waals surface area contributed by atoms with Gasteiger partial charge in [-0.3, -0.25) is 0 Å². The summed E-state index contributed by atoms with van der Waals surface area (Å²) in [7, 11) is -3.47. The van der Waals surface area contributed by atoms with Crippen LogP contribution in [0.5, 0.6) is 0 Å². The van der Waals surface area contributed by atoms with Crippen LogP contribution >= 0.6 is 0 Å². The molecular weight excluding hydrogens is 288 g/mol. The molecule has 6 heteroatoms. The second kappa shape index (κ2) is 4.96. The molecule has 1 heterocycles. The maximum Gasteiger partial charge on any atom is 0.241 e. The lowest BCUT2D eigenvalue weighted by atomic mass is 10.0. The SMILES string of the molecule is Cc1ccc(-c2c(C)noc2C)cc1S(=O)(=O)NC1CC1. The van der Waals surface area contributed by atoms with Gasteiger partial charge in [0.15, 0.2) is 0 Å². The molecule has 1 N–H and O–H groups in total. The second-order valence-corrected chi connectivity index (χ2v) is 7.26. The minimum Gasteiger partial charge on any atom is -0.361 e. The fourth-order valence-electron chi connectivity index (χ4n) is 2.42. The van der Waals surface area contributed by atoms with Crippen molar-refractivity contribution in [3.05, 3.63) is 35.2 Å². The van der Waals surface area contributed by atoms with Crippen molar-refractivity contribution in [3.8, 4) is 11.1 Å². The Labute approximate surface area is 124 Å². The molecule has 1 fully saturated rings. The Hall–Kier alpha value is -1.66. The predicted octanol–water partition coefficient (Wildman–Crippen LogP) is 2.71. The number of aryl methyl sites for hydroxylation is 3. The highest BCUT2D eigenvalue weighted by Crippen LogP contribution is 2.31. The monoisotopic (exact) mass is 306 g/mol. The van der Waals surface area contributed by atoms with Gasteiger partial charge in [0.05, 0.1) is 10.6 Å². The molecule has 1 saturated carbocycles. The fraction of sp³-hybridized carbons (Fsp3) is 0.400.